The molecule has 0 unspecified atom stereocenters. The molecule has 126 valence electrons. The number of allylic oxidation sites excluding steroid dienone is 1. The molecule has 1 rings (SSSR count). The Morgan fingerprint density at radius 3 is 2.32 bits per heavy atom. The van der Waals surface area contributed by atoms with Gasteiger partial charge in [-0.1, -0.05) is 19.1 Å². The van der Waals surface area contributed by atoms with E-state index in [2.05, 4.69) is 13.5 Å². The third-order valence-electron chi connectivity index (χ3n) is 4.49. The van der Waals surface area contributed by atoms with Crippen LogP contribution in [0.2, 0.25) is 0 Å². The summed E-state index contributed by atoms with van der Waals surface area (Å²) in [6.45, 7) is 13.7. The zero-order valence-corrected chi connectivity index (χ0v) is 14.8. The molecule has 0 radical (unpaired) electrons. The van der Waals surface area contributed by atoms with Crippen LogP contribution in [-0.2, 0) is 19.1 Å². The minimum absolute atomic E-state index is 0.0875. The predicted molar refractivity (Wildman–Crippen MR) is 86.2 cm³/mol. The van der Waals surface area contributed by atoms with Crippen molar-refractivity contribution in [3.05, 3.63) is 12.2 Å². The van der Waals surface area contributed by atoms with E-state index in [0.717, 1.165) is 12.0 Å². The average Bonchev–Trinajstić information content (AvgIpc) is 2.34. The summed E-state index contributed by atoms with van der Waals surface area (Å²) in [5.74, 6) is 0.0634. The van der Waals surface area contributed by atoms with E-state index in [4.69, 9.17) is 9.47 Å². The summed E-state index contributed by atoms with van der Waals surface area (Å²) in [6.07, 6.45) is 2.22. The second kappa shape index (κ2) is 6.84. The summed E-state index contributed by atoms with van der Waals surface area (Å²) in [5, 5.41) is 0. The van der Waals surface area contributed by atoms with Crippen LogP contribution < -0.4 is 0 Å². The molecule has 0 bridgehead atoms. The minimum Gasteiger partial charge on any atom is -0.469 e. The van der Waals surface area contributed by atoms with E-state index in [1.165, 1.54) is 7.11 Å². The largest absolute Gasteiger partial charge is 0.469 e. The molecule has 1 aliphatic carbocycles. The van der Waals surface area contributed by atoms with E-state index in [1.54, 1.807) is 0 Å². The maximum absolute atomic E-state index is 12.4. The second-order valence-electron chi connectivity index (χ2n) is 7.71. The number of ether oxygens (including phenoxy) is 2. The Hall–Kier alpha value is -1.32. The fourth-order valence-corrected chi connectivity index (χ4v) is 3.60. The zero-order valence-electron chi connectivity index (χ0n) is 14.8. The summed E-state index contributed by atoms with van der Waals surface area (Å²) < 4.78 is 10.4. The van der Waals surface area contributed by atoms with Crippen molar-refractivity contribution in [3.63, 3.8) is 0 Å². The van der Waals surface area contributed by atoms with Crippen LogP contribution in [0.5, 0.6) is 0 Å². The molecule has 0 amide bonds. The number of hydrogen-bond acceptors (Lipinski definition) is 4. The van der Waals surface area contributed by atoms with Crippen molar-refractivity contribution >= 4 is 11.9 Å². The summed E-state index contributed by atoms with van der Waals surface area (Å²) >= 11 is 0. The molecule has 0 aromatic rings. The first kappa shape index (κ1) is 18.7. The molecule has 0 N–H and O–H groups in total. The third-order valence-corrected chi connectivity index (χ3v) is 4.49. The van der Waals surface area contributed by atoms with E-state index >= 15 is 0 Å². The molecule has 0 spiro atoms. The molecule has 0 aromatic carbocycles. The molecule has 0 saturated heterocycles. The lowest BCUT2D eigenvalue weighted by Crippen LogP contribution is -2.42. The average molecular weight is 310 g/mol. The Balaban J connectivity index is 2.92. The van der Waals surface area contributed by atoms with Crippen LogP contribution in [0.15, 0.2) is 12.2 Å². The van der Waals surface area contributed by atoms with Gasteiger partial charge in [-0.3, -0.25) is 9.59 Å². The number of carbonyl (C=O) groups excluding carboxylic acids is 2. The molecule has 4 nitrogen and oxygen atoms in total. The van der Waals surface area contributed by atoms with E-state index in [1.807, 2.05) is 27.7 Å². The van der Waals surface area contributed by atoms with Gasteiger partial charge >= 0.3 is 11.9 Å². The Morgan fingerprint density at radius 1 is 1.32 bits per heavy atom. The van der Waals surface area contributed by atoms with Crippen LogP contribution in [0.3, 0.4) is 0 Å². The van der Waals surface area contributed by atoms with Gasteiger partial charge in [-0.15, -0.1) is 0 Å². The van der Waals surface area contributed by atoms with Crippen molar-refractivity contribution in [2.45, 2.75) is 65.9 Å². The third kappa shape index (κ3) is 4.59. The highest BCUT2D eigenvalue weighted by atomic mass is 16.6. The van der Waals surface area contributed by atoms with Gasteiger partial charge in [-0.25, -0.2) is 0 Å². The summed E-state index contributed by atoms with van der Waals surface area (Å²) in [5.41, 5.74) is -0.166. The molecule has 4 heteroatoms. The van der Waals surface area contributed by atoms with Crippen LogP contribution in [0, 0.1) is 17.3 Å². The maximum atomic E-state index is 12.4. The second-order valence-corrected chi connectivity index (χ2v) is 7.71. The van der Waals surface area contributed by atoms with Gasteiger partial charge < -0.3 is 9.47 Å². The topological polar surface area (TPSA) is 52.6 Å². The highest BCUT2D eigenvalue weighted by Crippen LogP contribution is 2.47. The molecule has 0 heterocycles. The number of methoxy groups -OCH3 is 1. The highest BCUT2D eigenvalue weighted by Gasteiger charge is 2.47. The van der Waals surface area contributed by atoms with E-state index < -0.39 is 11.0 Å². The van der Waals surface area contributed by atoms with Crippen molar-refractivity contribution in [1.29, 1.82) is 0 Å². The zero-order chi connectivity index (χ0) is 17.1. The number of carbonyl (C=O) groups is 2. The van der Waals surface area contributed by atoms with Crippen LogP contribution in [-0.4, -0.2) is 24.6 Å². The first-order valence-corrected chi connectivity index (χ1v) is 7.96. The molecular weight excluding hydrogens is 280 g/mol. The standard InChI is InChI=1S/C18H30O4/c1-12(2)14-8-9-18(10-13(14)3,16(20)21-7)11-15(19)22-17(4,5)6/h13-14H,1,8-11H2,2-7H3/t13-,14+,18+/m1/s1. The number of rotatable bonds is 4. The van der Waals surface area contributed by atoms with Crippen LogP contribution in [0.4, 0.5) is 0 Å². The Bertz CT molecular complexity index is 446. The molecule has 1 fully saturated rings. The van der Waals surface area contributed by atoms with E-state index in [0.29, 0.717) is 24.7 Å². The van der Waals surface area contributed by atoms with Crippen molar-refractivity contribution in [1.82, 2.24) is 0 Å². The first-order chi connectivity index (χ1) is 10.0. The summed E-state index contributed by atoms with van der Waals surface area (Å²) in [6, 6.07) is 0. The highest BCUT2D eigenvalue weighted by molar-refractivity contribution is 5.83. The number of esters is 2. The molecule has 0 aromatic heterocycles. The van der Waals surface area contributed by atoms with Gasteiger partial charge in [0, 0.05) is 0 Å². The van der Waals surface area contributed by atoms with Gasteiger partial charge in [0.2, 0.25) is 0 Å². The minimum atomic E-state index is -0.761. The molecular formula is C18H30O4. The van der Waals surface area contributed by atoms with Gasteiger partial charge in [0.05, 0.1) is 18.9 Å². The Morgan fingerprint density at radius 2 is 1.91 bits per heavy atom. The molecule has 3 atom stereocenters. The lowest BCUT2D eigenvalue weighted by Gasteiger charge is -2.41. The van der Waals surface area contributed by atoms with Crippen molar-refractivity contribution in [2.75, 3.05) is 7.11 Å². The van der Waals surface area contributed by atoms with Crippen molar-refractivity contribution in [2.24, 2.45) is 17.3 Å². The SMILES string of the molecule is C=C(C)[C@@H]1CC[C@](CC(=O)OC(C)(C)C)(C(=O)OC)C[C@H]1C. The Labute approximate surface area is 134 Å². The van der Waals surface area contributed by atoms with Crippen molar-refractivity contribution in [3.8, 4) is 0 Å². The Kier molecular flexibility index (Phi) is 5.82. The number of hydrogen-bond donors (Lipinski definition) is 0. The lowest BCUT2D eigenvalue weighted by molar-refractivity contribution is -0.169. The van der Waals surface area contributed by atoms with Gasteiger partial charge in [0.25, 0.3) is 0 Å². The van der Waals surface area contributed by atoms with Gasteiger partial charge in [-0.05, 0) is 58.8 Å². The van der Waals surface area contributed by atoms with Gasteiger partial charge in [-0.2, -0.15) is 0 Å². The van der Waals surface area contributed by atoms with Crippen LogP contribution in [0.1, 0.15) is 60.3 Å². The predicted octanol–water partition coefficient (Wildman–Crippen LogP) is 3.89. The first-order valence-electron chi connectivity index (χ1n) is 7.96. The van der Waals surface area contributed by atoms with Gasteiger partial charge in [0.15, 0.2) is 0 Å². The quantitative estimate of drug-likeness (QED) is 0.584. The van der Waals surface area contributed by atoms with Crippen LogP contribution >= 0.6 is 0 Å². The normalized spacial score (nSPS) is 28.8. The van der Waals surface area contributed by atoms with Crippen molar-refractivity contribution < 1.29 is 19.1 Å². The van der Waals surface area contributed by atoms with Crippen LogP contribution in [0.25, 0.3) is 0 Å². The summed E-state index contributed by atoms with van der Waals surface area (Å²) in [7, 11) is 1.38. The fraction of sp³-hybridized carbons (Fsp3) is 0.778. The fourth-order valence-electron chi connectivity index (χ4n) is 3.60. The van der Waals surface area contributed by atoms with E-state index in [9.17, 15) is 9.59 Å². The smallest absolute Gasteiger partial charge is 0.312 e. The molecule has 1 aliphatic rings. The molecule has 0 aliphatic heterocycles. The van der Waals surface area contributed by atoms with E-state index in [-0.39, 0.29) is 18.4 Å². The summed E-state index contributed by atoms with van der Waals surface area (Å²) in [4.78, 5) is 24.6. The lowest BCUT2D eigenvalue weighted by atomic mass is 9.63. The molecule has 1 saturated carbocycles. The van der Waals surface area contributed by atoms with Gasteiger partial charge in [0.1, 0.15) is 5.60 Å². The maximum Gasteiger partial charge on any atom is 0.312 e. The molecule has 22 heavy (non-hydrogen) atoms. The monoisotopic (exact) mass is 310 g/mol.